The highest BCUT2D eigenvalue weighted by atomic mass is 16.4. The molecule has 0 radical (unpaired) electrons. The Bertz CT molecular complexity index is 983. The molecule has 0 heterocycles. The van der Waals surface area contributed by atoms with Gasteiger partial charge in [-0.2, -0.15) is 0 Å². The van der Waals surface area contributed by atoms with Gasteiger partial charge in [-0.3, -0.25) is 14.4 Å². The molecule has 8 N–H and O–H groups in total. The van der Waals surface area contributed by atoms with Gasteiger partial charge >= 0.3 is 5.97 Å². The quantitative estimate of drug-likeness (QED) is 0.126. The second-order valence-electron chi connectivity index (χ2n) is 11.8. The summed E-state index contributed by atoms with van der Waals surface area (Å²) >= 11 is 0. The molecule has 1 aliphatic carbocycles. The number of hydrogen-bond donors (Lipinski definition) is 7. The van der Waals surface area contributed by atoms with Crippen LogP contribution in [-0.4, -0.2) is 76.8 Å². The fourth-order valence-corrected chi connectivity index (χ4v) is 5.28. The maximum absolute atomic E-state index is 13.5. The van der Waals surface area contributed by atoms with Gasteiger partial charge in [0.05, 0.1) is 12.1 Å². The molecule has 0 unspecified atom stereocenters. The Morgan fingerprint density at radius 2 is 1.48 bits per heavy atom. The van der Waals surface area contributed by atoms with Gasteiger partial charge in [0.2, 0.25) is 17.7 Å². The molecule has 1 aliphatic rings. The van der Waals surface area contributed by atoms with E-state index in [2.05, 4.69) is 21.3 Å². The number of carbonyl (C=O) groups is 4. The van der Waals surface area contributed by atoms with E-state index in [1.54, 1.807) is 24.3 Å². The summed E-state index contributed by atoms with van der Waals surface area (Å²) in [5, 5.41) is 31.5. The molecule has 42 heavy (non-hydrogen) atoms. The summed E-state index contributed by atoms with van der Waals surface area (Å²) in [5.74, 6) is -2.74. The third kappa shape index (κ3) is 12.5. The molecule has 0 aromatic heterocycles. The lowest BCUT2D eigenvalue weighted by molar-refractivity contribution is -0.142. The van der Waals surface area contributed by atoms with E-state index in [1.165, 1.54) is 13.3 Å². The van der Waals surface area contributed by atoms with Crippen molar-refractivity contribution in [2.45, 2.75) is 121 Å². The van der Waals surface area contributed by atoms with Gasteiger partial charge in [0, 0.05) is 12.5 Å². The lowest BCUT2D eigenvalue weighted by atomic mass is 9.93. The van der Waals surface area contributed by atoms with Gasteiger partial charge in [-0.25, -0.2) is 4.79 Å². The lowest BCUT2D eigenvalue weighted by Crippen LogP contribution is -2.61. The minimum absolute atomic E-state index is 0.0905. The number of unbranched alkanes of at least 4 members (excludes halogenated alkanes) is 1. The number of hydrogen-bond acceptors (Lipinski definition) is 7. The summed E-state index contributed by atoms with van der Waals surface area (Å²) in [6.45, 7) is 5.86. The number of amides is 3. The van der Waals surface area contributed by atoms with Crippen molar-refractivity contribution in [3.8, 4) is 0 Å². The summed E-state index contributed by atoms with van der Waals surface area (Å²) in [4.78, 5) is 52.0. The molecule has 2 rings (SSSR count). The summed E-state index contributed by atoms with van der Waals surface area (Å²) in [6.07, 6.45) is 6.11. The second kappa shape index (κ2) is 18.5. The Balaban J connectivity index is 2.19. The summed E-state index contributed by atoms with van der Waals surface area (Å²) in [6, 6.07) is 5.10. The molecule has 0 saturated heterocycles. The van der Waals surface area contributed by atoms with E-state index in [-0.39, 0.29) is 30.7 Å². The third-order valence-electron chi connectivity index (χ3n) is 7.61. The van der Waals surface area contributed by atoms with E-state index >= 15 is 0 Å². The van der Waals surface area contributed by atoms with E-state index in [0.717, 1.165) is 31.2 Å². The number of rotatable bonds is 18. The molecule has 1 saturated carbocycles. The molecular formula is C31H51N5O6. The Morgan fingerprint density at radius 1 is 0.857 bits per heavy atom. The van der Waals surface area contributed by atoms with Crippen LogP contribution in [0.15, 0.2) is 30.3 Å². The highest BCUT2D eigenvalue weighted by Crippen LogP contribution is 2.19. The van der Waals surface area contributed by atoms with E-state index in [9.17, 15) is 29.4 Å². The van der Waals surface area contributed by atoms with Crippen LogP contribution < -0.4 is 27.0 Å². The molecular weight excluding hydrogens is 538 g/mol. The molecule has 0 spiro atoms. The normalized spacial score (nSPS) is 17.5. The number of benzene rings is 1. The average molecular weight is 590 g/mol. The number of aliphatic hydroxyl groups excluding tert-OH is 1. The highest BCUT2D eigenvalue weighted by Gasteiger charge is 2.34. The predicted octanol–water partition coefficient (Wildman–Crippen LogP) is 1.61. The predicted molar refractivity (Wildman–Crippen MR) is 161 cm³/mol. The van der Waals surface area contributed by atoms with Gasteiger partial charge in [0.1, 0.15) is 18.1 Å². The lowest BCUT2D eigenvalue weighted by Gasteiger charge is -2.31. The fourth-order valence-electron chi connectivity index (χ4n) is 5.28. The Hall–Kier alpha value is -3.02. The van der Waals surface area contributed by atoms with Crippen molar-refractivity contribution in [3.05, 3.63) is 35.9 Å². The van der Waals surface area contributed by atoms with Gasteiger partial charge in [0.25, 0.3) is 0 Å². The number of aliphatic carboxylic acids is 1. The van der Waals surface area contributed by atoms with Crippen LogP contribution in [0.1, 0.15) is 84.1 Å². The zero-order valence-corrected chi connectivity index (χ0v) is 25.3. The minimum Gasteiger partial charge on any atom is -0.480 e. The standard InChI is InChI=1S/C31H51N5O6/c1-20(2)18-25(33-23-14-8-5-9-15-23)29(39)36-27(21(3)37)30(40)35-26(19-22-12-6-4-7-13-22)28(38)34-24(31(41)42)16-10-11-17-32/h4,6-7,12-13,20-21,23-27,33,37H,5,8-11,14-19,32H2,1-3H3,(H,34,38)(H,35,40)(H,36,39)(H,41,42)/t21-,24-,25-,26-,27-/m0/s1. The summed E-state index contributed by atoms with van der Waals surface area (Å²) < 4.78 is 0. The van der Waals surface area contributed by atoms with Crippen LogP contribution in [0.5, 0.6) is 0 Å². The first-order chi connectivity index (χ1) is 20.0. The van der Waals surface area contributed by atoms with Gasteiger partial charge in [-0.05, 0) is 63.5 Å². The Labute approximate surface area is 249 Å². The van der Waals surface area contributed by atoms with Gasteiger partial charge < -0.3 is 37.2 Å². The van der Waals surface area contributed by atoms with Crippen molar-refractivity contribution in [3.63, 3.8) is 0 Å². The van der Waals surface area contributed by atoms with Crippen LogP contribution in [0.25, 0.3) is 0 Å². The maximum Gasteiger partial charge on any atom is 0.326 e. The fraction of sp³-hybridized carbons (Fsp3) is 0.677. The van der Waals surface area contributed by atoms with Crippen LogP contribution in [0.2, 0.25) is 0 Å². The average Bonchev–Trinajstić information content (AvgIpc) is 2.95. The first-order valence-electron chi connectivity index (χ1n) is 15.3. The first kappa shape index (κ1) is 35.2. The topological polar surface area (TPSA) is 183 Å². The molecule has 5 atom stereocenters. The van der Waals surface area contributed by atoms with Crippen molar-refractivity contribution < 1.29 is 29.4 Å². The number of carboxylic acids is 1. The molecule has 11 heteroatoms. The first-order valence-corrected chi connectivity index (χ1v) is 15.3. The summed E-state index contributed by atoms with van der Waals surface area (Å²) in [5.41, 5.74) is 6.27. The van der Waals surface area contributed by atoms with Gasteiger partial charge in [-0.1, -0.05) is 63.4 Å². The molecule has 1 aromatic carbocycles. The summed E-state index contributed by atoms with van der Waals surface area (Å²) in [7, 11) is 0. The number of nitrogens with two attached hydrogens (primary N) is 1. The van der Waals surface area contributed by atoms with E-state index in [0.29, 0.717) is 25.8 Å². The van der Waals surface area contributed by atoms with E-state index in [1.807, 2.05) is 19.9 Å². The Kier molecular flexibility index (Phi) is 15.5. The number of nitrogens with one attached hydrogen (secondary N) is 4. The van der Waals surface area contributed by atoms with E-state index in [4.69, 9.17) is 5.73 Å². The smallest absolute Gasteiger partial charge is 0.326 e. The van der Waals surface area contributed by atoms with Crippen molar-refractivity contribution in [1.29, 1.82) is 0 Å². The molecule has 1 fully saturated rings. The monoisotopic (exact) mass is 589 g/mol. The maximum atomic E-state index is 13.5. The van der Waals surface area contributed by atoms with Crippen molar-refractivity contribution >= 4 is 23.7 Å². The third-order valence-corrected chi connectivity index (χ3v) is 7.61. The molecule has 11 nitrogen and oxygen atoms in total. The molecule has 1 aromatic rings. The van der Waals surface area contributed by atoms with Crippen LogP contribution >= 0.6 is 0 Å². The van der Waals surface area contributed by atoms with Crippen LogP contribution in [0, 0.1) is 5.92 Å². The minimum atomic E-state index is -1.31. The van der Waals surface area contributed by atoms with Gasteiger partial charge in [-0.15, -0.1) is 0 Å². The SMILES string of the molecule is CC(C)C[C@H](NC1CCCCC1)C(=O)N[C@H](C(=O)N[C@@H](Cc1ccccc1)C(=O)N[C@@H](CCCCN)C(=O)O)[C@H](C)O. The highest BCUT2D eigenvalue weighted by molar-refractivity contribution is 5.94. The number of carbonyl (C=O) groups excluding carboxylic acids is 3. The van der Waals surface area contributed by atoms with Crippen molar-refractivity contribution in [2.24, 2.45) is 11.7 Å². The van der Waals surface area contributed by atoms with Crippen molar-refractivity contribution in [2.75, 3.05) is 6.54 Å². The van der Waals surface area contributed by atoms with E-state index < -0.39 is 48.1 Å². The number of aliphatic hydroxyl groups is 1. The molecule has 3 amide bonds. The number of carboxylic acid groups (broad SMARTS) is 1. The van der Waals surface area contributed by atoms with Crippen LogP contribution in [0.4, 0.5) is 0 Å². The van der Waals surface area contributed by atoms with Crippen LogP contribution in [0.3, 0.4) is 0 Å². The molecule has 236 valence electrons. The second-order valence-corrected chi connectivity index (χ2v) is 11.8. The largest absolute Gasteiger partial charge is 0.480 e. The zero-order chi connectivity index (χ0) is 31.1. The molecule has 0 aliphatic heterocycles. The van der Waals surface area contributed by atoms with Crippen LogP contribution in [-0.2, 0) is 25.6 Å². The van der Waals surface area contributed by atoms with Gasteiger partial charge in [0.15, 0.2) is 0 Å². The Morgan fingerprint density at radius 3 is 2.05 bits per heavy atom. The van der Waals surface area contributed by atoms with Crippen molar-refractivity contribution in [1.82, 2.24) is 21.3 Å². The zero-order valence-electron chi connectivity index (χ0n) is 25.3. The molecule has 0 bridgehead atoms.